The highest BCUT2D eigenvalue weighted by Crippen LogP contribution is 2.36. The summed E-state index contributed by atoms with van der Waals surface area (Å²) in [4.78, 5) is 22.5. The van der Waals surface area contributed by atoms with Gasteiger partial charge in [-0.2, -0.15) is 0 Å². The van der Waals surface area contributed by atoms with Crippen LogP contribution in [-0.2, 0) is 28.5 Å². The molecular formula is C14H22O6. The van der Waals surface area contributed by atoms with Crippen molar-refractivity contribution in [3.05, 3.63) is 0 Å². The Labute approximate surface area is 118 Å². The smallest absolute Gasteiger partial charge is 0.306 e. The molecule has 6 nitrogen and oxygen atoms in total. The Bertz CT molecular complexity index is 380. The fraction of sp³-hybridized carbons (Fsp3) is 0.857. The van der Waals surface area contributed by atoms with Crippen LogP contribution in [0.5, 0.6) is 0 Å². The molecule has 0 aliphatic carbocycles. The van der Waals surface area contributed by atoms with E-state index in [1.165, 1.54) is 0 Å². The molecule has 0 unspecified atom stereocenters. The van der Waals surface area contributed by atoms with E-state index in [1.54, 1.807) is 7.11 Å². The third-order valence-electron chi connectivity index (χ3n) is 3.83. The number of cyclic esters (lactones) is 1. The number of ether oxygens (including phenoxy) is 4. The molecule has 20 heavy (non-hydrogen) atoms. The molecule has 2 aliphatic heterocycles. The predicted octanol–water partition coefficient (Wildman–Crippen LogP) is 1.06. The van der Waals surface area contributed by atoms with Crippen LogP contribution in [0.2, 0.25) is 0 Å². The van der Waals surface area contributed by atoms with Crippen molar-refractivity contribution in [3.63, 3.8) is 0 Å². The van der Waals surface area contributed by atoms with Crippen molar-refractivity contribution >= 4 is 12.3 Å². The van der Waals surface area contributed by atoms with Crippen LogP contribution in [0.3, 0.4) is 0 Å². The number of carbonyl (C=O) groups is 2. The molecule has 0 radical (unpaired) electrons. The summed E-state index contributed by atoms with van der Waals surface area (Å²) in [6, 6.07) is 0. The minimum absolute atomic E-state index is 0.178. The molecule has 0 bridgehead atoms. The number of carbonyl (C=O) groups excluding carboxylic acids is 2. The second-order valence-electron chi connectivity index (χ2n) is 5.83. The van der Waals surface area contributed by atoms with Crippen molar-refractivity contribution in [2.24, 2.45) is 5.92 Å². The summed E-state index contributed by atoms with van der Waals surface area (Å²) in [6.45, 7) is 5.51. The van der Waals surface area contributed by atoms with Crippen molar-refractivity contribution in [2.45, 2.75) is 63.8 Å². The lowest BCUT2D eigenvalue weighted by atomic mass is 9.86. The first kappa shape index (κ1) is 15.4. The molecular weight excluding hydrogens is 264 g/mol. The first-order valence-corrected chi connectivity index (χ1v) is 6.89. The summed E-state index contributed by atoms with van der Waals surface area (Å²) in [5.41, 5.74) is 0. The van der Waals surface area contributed by atoms with Gasteiger partial charge in [-0.25, -0.2) is 0 Å². The van der Waals surface area contributed by atoms with E-state index in [-0.39, 0.29) is 36.9 Å². The molecule has 2 heterocycles. The molecule has 0 saturated carbocycles. The topological polar surface area (TPSA) is 71.1 Å². The second kappa shape index (κ2) is 5.79. The van der Waals surface area contributed by atoms with E-state index in [2.05, 4.69) is 0 Å². The molecule has 6 heteroatoms. The Hall–Kier alpha value is -0.980. The van der Waals surface area contributed by atoms with Crippen molar-refractivity contribution in [2.75, 3.05) is 7.11 Å². The lowest BCUT2D eigenvalue weighted by molar-refractivity contribution is -0.201. The van der Waals surface area contributed by atoms with E-state index in [0.717, 1.165) is 6.29 Å². The normalized spacial score (nSPS) is 40.4. The van der Waals surface area contributed by atoms with Gasteiger partial charge in [-0.15, -0.1) is 0 Å². The third kappa shape index (κ3) is 3.02. The van der Waals surface area contributed by atoms with Crippen molar-refractivity contribution in [1.82, 2.24) is 0 Å². The minimum Gasteiger partial charge on any atom is -0.457 e. The Morgan fingerprint density at radius 1 is 1.35 bits per heavy atom. The van der Waals surface area contributed by atoms with Crippen LogP contribution in [0, 0.1) is 5.92 Å². The van der Waals surface area contributed by atoms with Gasteiger partial charge in [0.25, 0.3) is 0 Å². The largest absolute Gasteiger partial charge is 0.457 e. The zero-order valence-electron chi connectivity index (χ0n) is 12.3. The molecule has 2 rings (SSSR count). The number of aldehydes is 1. The van der Waals surface area contributed by atoms with Gasteiger partial charge in [0.1, 0.15) is 18.5 Å². The van der Waals surface area contributed by atoms with E-state index in [1.807, 2.05) is 20.8 Å². The van der Waals surface area contributed by atoms with E-state index in [4.69, 9.17) is 18.9 Å². The van der Waals surface area contributed by atoms with E-state index >= 15 is 0 Å². The lowest BCUT2D eigenvalue weighted by Crippen LogP contribution is -2.53. The maximum atomic E-state index is 11.8. The fourth-order valence-electron chi connectivity index (χ4n) is 3.09. The monoisotopic (exact) mass is 286 g/mol. The fourth-order valence-corrected chi connectivity index (χ4v) is 3.09. The number of hydrogen-bond acceptors (Lipinski definition) is 6. The van der Waals surface area contributed by atoms with Crippen molar-refractivity contribution in [3.8, 4) is 0 Å². The highest BCUT2D eigenvalue weighted by molar-refractivity contribution is 5.71. The third-order valence-corrected chi connectivity index (χ3v) is 3.83. The van der Waals surface area contributed by atoms with Gasteiger partial charge in [0.15, 0.2) is 11.9 Å². The Morgan fingerprint density at radius 3 is 2.55 bits per heavy atom. The Kier molecular flexibility index (Phi) is 4.46. The molecule has 0 aromatic rings. The van der Waals surface area contributed by atoms with Crippen LogP contribution in [0.15, 0.2) is 0 Å². The molecule has 0 N–H and O–H groups in total. The summed E-state index contributed by atoms with van der Waals surface area (Å²) < 4.78 is 22.4. The molecule has 2 fully saturated rings. The molecule has 114 valence electrons. The van der Waals surface area contributed by atoms with Gasteiger partial charge in [-0.1, -0.05) is 0 Å². The highest BCUT2D eigenvalue weighted by atomic mass is 16.8. The van der Waals surface area contributed by atoms with E-state index in [0.29, 0.717) is 0 Å². The average Bonchev–Trinajstić information content (AvgIpc) is 2.62. The van der Waals surface area contributed by atoms with Crippen molar-refractivity contribution < 1.29 is 28.5 Å². The van der Waals surface area contributed by atoms with E-state index in [9.17, 15) is 9.59 Å². The number of esters is 1. The van der Waals surface area contributed by atoms with Crippen molar-refractivity contribution in [1.29, 1.82) is 0 Å². The minimum atomic E-state index is -0.716. The van der Waals surface area contributed by atoms with Gasteiger partial charge in [-0.05, 0) is 20.8 Å². The van der Waals surface area contributed by atoms with Gasteiger partial charge in [0, 0.05) is 19.4 Å². The highest BCUT2D eigenvalue weighted by Gasteiger charge is 2.51. The van der Waals surface area contributed by atoms with Crippen LogP contribution < -0.4 is 0 Å². The predicted molar refractivity (Wildman–Crippen MR) is 69.0 cm³/mol. The van der Waals surface area contributed by atoms with Gasteiger partial charge in [0.2, 0.25) is 0 Å². The summed E-state index contributed by atoms with van der Waals surface area (Å²) in [6.07, 6.45) is -0.241. The summed E-state index contributed by atoms with van der Waals surface area (Å²) in [5.74, 6) is -1.22. The number of methoxy groups -OCH3 is 1. The average molecular weight is 286 g/mol. The van der Waals surface area contributed by atoms with Crippen LogP contribution in [0.25, 0.3) is 0 Å². The van der Waals surface area contributed by atoms with E-state index < -0.39 is 18.0 Å². The SMILES string of the molecule is CO[C@H]1[C@H](CC=O)CC(=O)O[C@H]1[C@H]1OC(C)(C)O[C@@H]1C. The zero-order chi connectivity index (χ0) is 14.9. The van der Waals surface area contributed by atoms with Gasteiger partial charge in [0.05, 0.1) is 12.5 Å². The summed E-state index contributed by atoms with van der Waals surface area (Å²) in [5, 5.41) is 0. The van der Waals surface area contributed by atoms with Crippen LogP contribution in [-0.4, -0.2) is 49.6 Å². The van der Waals surface area contributed by atoms with Crippen LogP contribution in [0.1, 0.15) is 33.6 Å². The Balaban J connectivity index is 2.19. The first-order valence-electron chi connectivity index (χ1n) is 6.89. The quantitative estimate of drug-likeness (QED) is 0.568. The maximum Gasteiger partial charge on any atom is 0.306 e. The molecule has 0 amide bonds. The molecule has 2 aliphatic rings. The summed E-state index contributed by atoms with van der Waals surface area (Å²) in [7, 11) is 1.56. The second-order valence-corrected chi connectivity index (χ2v) is 5.83. The molecule has 0 aromatic heterocycles. The molecule has 0 spiro atoms. The Morgan fingerprint density at radius 2 is 2.05 bits per heavy atom. The maximum absolute atomic E-state index is 11.8. The zero-order valence-corrected chi connectivity index (χ0v) is 12.3. The summed E-state index contributed by atoms with van der Waals surface area (Å²) >= 11 is 0. The number of hydrogen-bond donors (Lipinski definition) is 0. The first-order chi connectivity index (χ1) is 9.38. The lowest BCUT2D eigenvalue weighted by Gasteiger charge is -2.38. The van der Waals surface area contributed by atoms with Gasteiger partial charge in [-0.3, -0.25) is 4.79 Å². The van der Waals surface area contributed by atoms with Gasteiger partial charge < -0.3 is 23.7 Å². The van der Waals surface area contributed by atoms with Crippen LogP contribution >= 0.6 is 0 Å². The standard InChI is InChI=1S/C14H22O6/c1-8-11(20-14(2,3)19-8)13-12(17-4)9(5-6-15)7-10(16)18-13/h6,8-9,11-13H,5,7H2,1-4H3/t8-,9-,11+,12+,13+/m1/s1. The molecule has 2 saturated heterocycles. The van der Waals surface area contributed by atoms with Gasteiger partial charge >= 0.3 is 5.97 Å². The van der Waals surface area contributed by atoms with Crippen LogP contribution in [0.4, 0.5) is 0 Å². The number of rotatable bonds is 4. The molecule has 0 aromatic carbocycles. The molecule has 5 atom stereocenters.